The van der Waals surface area contributed by atoms with Crippen LogP contribution in [-0.4, -0.2) is 83.4 Å². The highest BCUT2D eigenvalue weighted by Crippen LogP contribution is 2.37. The first-order chi connectivity index (χ1) is 23.6. The summed E-state index contributed by atoms with van der Waals surface area (Å²) in [5.74, 6) is 0.708. The van der Waals surface area contributed by atoms with Gasteiger partial charge in [0.15, 0.2) is 0 Å². The van der Waals surface area contributed by atoms with Gasteiger partial charge in [-0.3, -0.25) is 14.2 Å². The number of carbonyl (C=O) groups excluding carboxylic acids is 2. The zero-order valence-corrected chi connectivity index (χ0v) is 32.9. The van der Waals surface area contributed by atoms with E-state index >= 15 is 0 Å². The Morgan fingerprint density at radius 3 is 1.80 bits per heavy atom. The summed E-state index contributed by atoms with van der Waals surface area (Å²) in [4.78, 5) is 43.1. The van der Waals surface area contributed by atoms with Crippen LogP contribution in [0.2, 0.25) is 0 Å². The van der Waals surface area contributed by atoms with E-state index in [1.807, 2.05) is 0 Å². The first kappa shape index (κ1) is 46.3. The van der Waals surface area contributed by atoms with Crippen LogP contribution in [0, 0.1) is 0 Å². The number of nitrogens with one attached hydrogen (secondary N) is 1. The van der Waals surface area contributed by atoms with Gasteiger partial charge in [-0.05, 0) is 32.1 Å². The van der Waals surface area contributed by atoms with E-state index in [0.717, 1.165) is 51.4 Å². The summed E-state index contributed by atoms with van der Waals surface area (Å²) in [6.45, 7) is 5.95. The Morgan fingerprint density at radius 1 is 0.776 bits per heavy atom. The van der Waals surface area contributed by atoms with Crippen LogP contribution < -0.4 is 11.1 Å². The molecule has 5 N–H and O–H groups in total. The molecule has 1 aliphatic carbocycles. The standard InChI is InChI=1S/C37H73N2O8PS/c1-3-5-7-9-11-13-15-17-19-22-35(40)46-29-34(47-36(41)23-20-18-16-14-12-10-8-6-4-2)31-49-30-33(38)28-39-37(24-25-37)32-45-26-21-27-48(42,43)44/h33-34,39H,3-32,38H2,1-2H3,(H2,42,43,44)/t33-,34+/m1/s1. The minimum absolute atomic E-state index is 0.0721. The maximum Gasteiger partial charge on any atom is 0.325 e. The summed E-state index contributed by atoms with van der Waals surface area (Å²) in [6, 6.07) is -0.121. The molecule has 2 atom stereocenters. The predicted molar refractivity (Wildman–Crippen MR) is 202 cm³/mol. The molecule has 290 valence electrons. The van der Waals surface area contributed by atoms with E-state index in [1.165, 1.54) is 77.0 Å². The summed E-state index contributed by atoms with van der Waals surface area (Å²) >= 11 is 1.60. The summed E-state index contributed by atoms with van der Waals surface area (Å²) < 4.78 is 28.0. The van der Waals surface area contributed by atoms with Crippen molar-refractivity contribution in [2.24, 2.45) is 5.73 Å². The highest BCUT2D eigenvalue weighted by atomic mass is 32.2. The summed E-state index contributed by atoms with van der Waals surface area (Å²) in [6.07, 6.45) is 23.8. The highest BCUT2D eigenvalue weighted by Gasteiger charge is 2.42. The van der Waals surface area contributed by atoms with Crippen LogP contribution in [0.15, 0.2) is 0 Å². The molecule has 0 heterocycles. The minimum Gasteiger partial charge on any atom is -0.462 e. The van der Waals surface area contributed by atoms with Gasteiger partial charge in [-0.15, -0.1) is 0 Å². The molecule has 0 aliphatic heterocycles. The SMILES string of the molecule is CCCCCCCCCCCC(=O)OC[C@@H](CSC[C@H](N)CNC1(COCCCP(=O)(O)O)CC1)OC(=O)CCCCCCCCCCC. The number of unbranched alkanes of at least 4 members (excludes halogenated alkanes) is 16. The molecule has 1 saturated carbocycles. The van der Waals surface area contributed by atoms with Gasteiger partial charge >= 0.3 is 19.5 Å². The average Bonchev–Trinajstić information content (AvgIpc) is 3.83. The van der Waals surface area contributed by atoms with E-state index in [4.69, 9.17) is 29.7 Å². The lowest BCUT2D eigenvalue weighted by Gasteiger charge is -2.22. The Balaban J connectivity index is 2.37. The highest BCUT2D eigenvalue weighted by molar-refractivity contribution is 7.99. The summed E-state index contributed by atoms with van der Waals surface area (Å²) in [7, 11) is -3.98. The van der Waals surface area contributed by atoms with E-state index in [0.29, 0.717) is 50.5 Å². The lowest BCUT2D eigenvalue weighted by Crippen LogP contribution is -2.44. The van der Waals surface area contributed by atoms with Crippen molar-refractivity contribution in [3.05, 3.63) is 0 Å². The van der Waals surface area contributed by atoms with Crippen molar-refractivity contribution in [2.75, 3.05) is 44.0 Å². The first-order valence-corrected chi connectivity index (χ1v) is 22.6. The number of ether oxygens (including phenoxy) is 3. The Hall–Kier alpha value is -0.680. The van der Waals surface area contributed by atoms with Crippen LogP contribution in [0.25, 0.3) is 0 Å². The minimum atomic E-state index is -3.98. The molecule has 0 unspecified atom stereocenters. The molecule has 1 aliphatic rings. The van der Waals surface area contributed by atoms with Gasteiger partial charge in [-0.25, -0.2) is 0 Å². The number of nitrogens with two attached hydrogens (primary N) is 1. The summed E-state index contributed by atoms with van der Waals surface area (Å²) in [5.41, 5.74) is 6.29. The fraction of sp³-hybridized carbons (Fsp3) is 0.946. The van der Waals surface area contributed by atoms with Crippen molar-refractivity contribution in [2.45, 2.75) is 179 Å². The van der Waals surface area contributed by atoms with Gasteiger partial charge in [-0.2, -0.15) is 11.8 Å². The molecule has 0 spiro atoms. The van der Waals surface area contributed by atoms with Crippen LogP contribution in [-0.2, 0) is 28.4 Å². The number of carbonyl (C=O) groups is 2. The van der Waals surface area contributed by atoms with Crippen molar-refractivity contribution < 1.29 is 38.2 Å². The topological polar surface area (TPSA) is 157 Å². The Bertz CT molecular complexity index is 873. The zero-order valence-electron chi connectivity index (χ0n) is 31.1. The molecule has 0 aromatic carbocycles. The molecule has 0 amide bonds. The maximum absolute atomic E-state index is 12.7. The fourth-order valence-corrected chi connectivity index (χ4v) is 7.22. The van der Waals surface area contributed by atoms with Crippen LogP contribution in [0.5, 0.6) is 0 Å². The lowest BCUT2D eigenvalue weighted by molar-refractivity contribution is -0.157. The lowest BCUT2D eigenvalue weighted by atomic mass is 10.1. The van der Waals surface area contributed by atoms with Crippen molar-refractivity contribution in [1.82, 2.24) is 5.32 Å². The summed E-state index contributed by atoms with van der Waals surface area (Å²) in [5, 5.41) is 3.51. The maximum atomic E-state index is 12.7. The van der Waals surface area contributed by atoms with Crippen molar-refractivity contribution in [3.63, 3.8) is 0 Å². The van der Waals surface area contributed by atoms with Crippen LogP contribution in [0.3, 0.4) is 0 Å². The average molecular weight is 737 g/mol. The monoisotopic (exact) mass is 736 g/mol. The van der Waals surface area contributed by atoms with Crippen molar-refractivity contribution >= 4 is 31.3 Å². The van der Waals surface area contributed by atoms with E-state index in [1.54, 1.807) is 11.8 Å². The zero-order chi connectivity index (χ0) is 36.1. The molecule has 0 aromatic heterocycles. The second-order valence-electron chi connectivity index (χ2n) is 14.2. The van der Waals surface area contributed by atoms with Gasteiger partial charge in [0.1, 0.15) is 12.7 Å². The van der Waals surface area contributed by atoms with E-state index < -0.39 is 13.7 Å². The molecule has 0 bridgehead atoms. The molecule has 10 nitrogen and oxygen atoms in total. The van der Waals surface area contributed by atoms with Crippen molar-refractivity contribution in [3.8, 4) is 0 Å². The molecule has 0 aromatic rings. The second kappa shape index (κ2) is 29.9. The molecule has 12 heteroatoms. The van der Waals surface area contributed by atoms with Gasteiger partial charge in [0.2, 0.25) is 0 Å². The molecule has 49 heavy (non-hydrogen) atoms. The number of thioether (sulfide) groups is 1. The number of hydrogen-bond acceptors (Lipinski definition) is 9. The van der Waals surface area contributed by atoms with E-state index in [2.05, 4.69) is 19.2 Å². The number of esters is 2. The molecular weight excluding hydrogens is 663 g/mol. The van der Waals surface area contributed by atoms with E-state index in [9.17, 15) is 14.2 Å². The Morgan fingerprint density at radius 2 is 1.29 bits per heavy atom. The number of hydrogen-bond donors (Lipinski definition) is 4. The van der Waals surface area contributed by atoms with Gasteiger partial charge < -0.3 is 35.0 Å². The Kier molecular flexibility index (Phi) is 28.2. The molecule has 1 rings (SSSR count). The first-order valence-electron chi connectivity index (χ1n) is 19.6. The third-order valence-corrected chi connectivity index (χ3v) is 11.2. The smallest absolute Gasteiger partial charge is 0.325 e. The molecule has 1 fully saturated rings. The van der Waals surface area contributed by atoms with Crippen LogP contribution >= 0.6 is 19.4 Å². The molecule has 0 saturated heterocycles. The van der Waals surface area contributed by atoms with Gasteiger partial charge in [0.25, 0.3) is 0 Å². The van der Waals surface area contributed by atoms with Gasteiger partial charge in [-0.1, -0.05) is 117 Å². The predicted octanol–water partition coefficient (Wildman–Crippen LogP) is 8.05. The number of rotatable bonds is 36. The fourth-order valence-electron chi connectivity index (χ4n) is 5.70. The van der Waals surface area contributed by atoms with Gasteiger partial charge in [0.05, 0.1) is 12.8 Å². The third kappa shape index (κ3) is 29.6. The van der Waals surface area contributed by atoms with Gasteiger partial charge in [0, 0.05) is 49.1 Å². The Labute approximate surface area is 303 Å². The third-order valence-electron chi connectivity index (χ3n) is 9.04. The normalized spacial score (nSPS) is 15.2. The second-order valence-corrected chi connectivity index (χ2v) is 17.1. The molecular formula is C37H73N2O8PS. The quantitative estimate of drug-likeness (QED) is 0.0280. The molecule has 0 radical (unpaired) electrons. The van der Waals surface area contributed by atoms with Crippen LogP contribution in [0.1, 0.15) is 162 Å². The van der Waals surface area contributed by atoms with E-state index in [-0.39, 0.29) is 36.3 Å². The van der Waals surface area contributed by atoms with Crippen molar-refractivity contribution in [1.29, 1.82) is 0 Å². The van der Waals surface area contributed by atoms with Crippen LogP contribution in [0.4, 0.5) is 0 Å². The largest absolute Gasteiger partial charge is 0.462 e.